The lowest BCUT2D eigenvalue weighted by Gasteiger charge is -2.14. The number of unbranched alkanes of at least 4 members (excludes halogenated alkanes) is 8. The number of nitrogens with zero attached hydrogens (tertiary/aromatic N) is 2. The van der Waals surface area contributed by atoms with Gasteiger partial charge >= 0.3 is 12.2 Å². The van der Waals surface area contributed by atoms with Gasteiger partial charge in [0, 0.05) is 18.4 Å². The van der Waals surface area contributed by atoms with Gasteiger partial charge in [0.05, 0.1) is 0 Å². The van der Waals surface area contributed by atoms with Crippen LogP contribution in [0.2, 0.25) is 0 Å². The van der Waals surface area contributed by atoms with E-state index in [1.54, 1.807) is 17.0 Å². The zero-order chi connectivity index (χ0) is 16.2. The zero-order valence-electron chi connectivity index (χ0n) is 14.0. The van der Waals surface area contributed by atoms with Crippen molar-refractivity contribution < 1.29 is 14.6 Å². The highest BCUT2D eigenvalue weighted by Crippen LogP contribution is 2.21. The van der Waals surface area contributed by atoms with E-state index in [0.29, 0.717) is 0 Å². The average molecular weight is 310 g/mol. The smallest absolute Gasteiger partial charge is 0.449 e. The molecule has 5 heteroatoms. The lowest BCUT2D eigenvalue weighted by Crippen LogP contribution is -2.11. The summed E-state index contributed by atoms with van der Waals surface area (Å²) in [4.78, 5) is 14.5. The van der Waals surface area contributed by atoms with E-state index in [-0.39, 0.29) is 12.1 Å². The Hall–Kier alpha value is -1.52. The van der Waals surface area contributed by atoms with Crippen molar-refractivity contribution in [2.45, 2.75) is 84.1 Å². The van der Waals surface area contributed by atoms with Crippen molar-refractivity contribution in [1.29, 1.82) is 0 Å². The standard InChI is InChI=1S/C17H30N2O3/c1-3-4-5-6-7-8-9-10-11-12-15(2)19-14-13-18-16(19)22-17(20)21/h13-15H,3-12H2,1-2H3,(H,20,21). The van der Waals surface area contributed by atoms with E-state index in [9.17, 15) is 4.79 Å². The summed E-state index contributed by atoms with van der Waals surface area (Å²) in [7, 11) is 0. The molecule has 0 aliphatic rings. The molecule has 0 aliphatic heterocycles. The van der Waals surface area contributed by atoms with Crippen molar-refractivity contribution in [2.24, 2.45) is 0 Å². The normalized spacial score (nSPS) is 12.3. The van der Waals surface area contributed by atoms with Crippen LogP contribution in [0.15, 0.2) is 12.4 Å². The second-order valence-corrected chi connectivity index (χ2v) is 5.95. The predicted molar refractivity (Wildman–Crippen MR) is 87.4 cm³/mol. The van der Waals surface area contributed by atoms with Gasteiger partial charge in [-0.25, -0.2) is 9.78 Å². The van der Waals surface area contributed by atoms with E-state index in [1.165, 1.54) is 51.4 Å². The van der Waals surface area contributed by atoms with Gasteiger partial charge in [0.25, 0.3) is 0 Å². The molecule has 0 aromatic carbocycles. The van der Waals surface area contributed by atoms with Crippen LogP contribution in [-0.4, -0.2) is 20.8 Å². The molecule has 1 rings (SSSR count). The molecule has 0 bridgehead atoms. The number of hydrogen-bond donors (Lipinski definition) is 1. The Kier molecular flexibility index (Phi) is 9.35. The van der Waals surface area contributed by atoms with Crippen molar-refractivity contribution in [2.75, 3.05) is 0 Å². The Bertz CT molecular complexity index is 418. The minimum absolute atomic E-state index is 0.163. The van der Waals surface area contributed by atoms with Gasteiger partial charge < -0.3 is 9.84 Å². The van der Waals surface area contributed by atoms with Crippen LogP contribution in [0.1, 0.15) is 84.1 Å². The lowest BCUT2D eigenvalue weighted by atomic mass is 10.0. The molecule has 0 aliphatic carbocycles. The van der Waals surface area contributed by atoms with Gasteiger partial charge in [-0.15, -0.1) is 0 Å². The second kappa shape index (κ2) is 11.1. The van der Waals surface area contributed by atoms with Crippen LogP contribution in [0.5, 0.6) is 6.01 Å². The summed E-state index contributed by atoms with van der Waals surface area (Å²) in [6.45, 7) is 4.31. The summed E-state index contributed by atoms with van der Waals surface area (Å²) in [6, 6.07) is 0.373. The first-order valence-electron chi connectivity index (χ1n) is 8.58. The number of rotatable bonds is 12. The summed E-state index contributed by atoms with van der Waals surface area (Å²) in [5, 5.41) is 8.67. The SMILES string of the molecule is CCCCCCCCCCCC(C)n1ccnc1OC(=O)O. The predicted octanol–water partition coefficient (Wildman–Crippen LogP) is 5.42. The Morgan fingerprint density at radius 3 is 2.36 bits per heavy atom. The average Bonchev–Trinajstić information content (AvgIpc) is 2.92. The molecule has 22 heavy (non-hydrogen) atoms. The van der Waals surface area contributed by atoms with Gasteiger partial charge in [0.1, 0.15) is 0 Å². The van der Waals surface area contributed by atoms with Gasteiger partial charge in [-0.1, -0.05) is 64.7 Å². The van der Waals surface area contributed by atoms with Crippen LogP contribution in [0.3, 0.4) is 0 Å². The molecule has 0 fully saturated rings. The molecule has 0 spiro atoms. The first-order valence-corrected chi connectivity index (χ1v) is 8.58. The lowest BCUT2D eigenvalue weighted by molar-refractivity contribution is 0.137. The molecule has 1 aromatic rings. The number of carboxylic acid groups (broad SMARTS) is 1. The summed E-state index contributed by atoms with van der Waals surface area (Å²) in [5.74, 6) is 0. The molecule has 126 valence electrons. The summed E-state index contributed by atoms with van der Waals surface area (Å²) < 4.78 is 6.46. The van der Waals surface area contributed by atoms with Crippen LogP contribution in [0.4, 0.5) is 4.79 Å². The van der Waals surface area contributed by atoms with E-state index in [1.807, 2.05) is 0 Å². The second-order valence-electron chi connectivity index (χ2n) is 5.95. The fraction of sp³-hybridized carbons (Fsp3) is 0.765. The van der Waals surface area contributed by atoms with Crippen LogP contribution in [-0.2, 0) is 0 Å². The molecule has 5 nitrogen and oxygen atoms in total. The highest BCUT2D eigenvalue weighted by Gasteiger charge is 2.13. The molecule has 1 N–H and O–H groups in total. The zero-order valence-corrected chi connectivity index (χ0v) is 14.0. The van der Waals surface area contributed by atoms with Crippen LogP contribution >= 0.6 is 0 Å². The summed E-state index contributed by atoms with van der Waals surface area (Å²) >= 11 is 0. The molecular weight excluding hydrogens is 280 g/mol. The van der Waals surface area contributed by atoms with Crippen LogP contribution < -0.4 is 4.74 Å². The van der Waals surface area contributed by atoms with E-state index >= 15 is 0 Å². The third-order valence-corrected chi connectivity index (χ3v) is 4.01. The third kappa shape index (κ3) is 7.48. The van der Waals surface area contributed by atoms with Gasteiger partial charge in [-0.2, -0.15) is 0 Å². The maximum absolute atomic E-state index is 10.6. The van der Waals surface area contributed by atoms with Crippen molar-refractivity contribution in [3.8, 4) is 6.01 Å². The molecule has 1 unspecified atom stereocenters. The van der Waals surface area contributed by atoms with Gasteiger partial charge in [0.2, 0.25) is 0 Å². The van der Waals surface area contributed by atoms with Gasteiger partial charge in [-0.3, -0.25) is 4.57 Å². The van der Waals surface area contributed by atoms with Crippen LogP contribution in [0, 0.1) is 0 Å². The molecule has 0 saturated carbocycles. The fourth-order valence-electron chi connectivity index (χ4n) is 2.68. The molecular formula is C17H30N2O3. The van der Waals surface area contributed by atoms with Crippen molar-refractivity contribution in [3.05, 3.63) is 12.4 Å². The van der Waals surface area contributed by atoms with Gasteiger partial charge in [-0.05, 0) is 13.3 Å². The maximum Gasteiger partial charge on any atom is 0.513 e. The molecule has 0 radical (unpaired) electrons. The first kappa shape index (κ1) is 18.5. The number of imidazole rings is 1. The van der Waals surface area contributed by atoms with E-state index in [2.05, 4.69) is 23.6 Å². The number of carbonyl (C=O) groups is 1. The quantitative estimate of drug-likeness (QED) is 0.413. The van der Waals surface area contributed by atoms with E-state index < -0.39 is 6.16 Å². The minimum atomic E-state index is -1.32. The largest absolute Gasteiger partial charge is 0.513 e. The van der Waals surface area contributed by atoms with Crippen LogP contribution in [0.25, 0.3) is 0 Å². The fourth-order valence-corrected chi connectivity index (χ4v) is 2.68. The molecule has 1 heterocycles. The van der Waals surface area contributed by atoms with Gasteiger partial charge in [0.15, 0.2) is 0 Å². The molecule has 1 atom stereocenters. The number of ether oxygens (including phenoxy) is 1. The number of hydrogen-bond acceptors (Lipinski definition) is 3. The Morgan fingerprint density at radius 1 is 1.18 bits per heavy atom. The van der Waals surface area contributed by atoms with Crippen molar-refractivity contribution in [3.63, 3.8) is 0 Å². The minimum Gasteiger partial charge on any atom is -0.449 e. The molecule has 1 aromatic heterocycles. The third-order valence-electron chi connectivity index (χ3n) is 4.01. The summed E-state index contributed by atoms with van der Waals surface area (Å²) in [6.07, 6.45) is 14.8. The summed E-state index contributed by atoms with van der Waals surface area (Å²) in [5.41, 5.74) is 0. The van der Waals surface area contributed by atoms with Crippen molar-refractivity contribution >= 4 is 6.16 Å². The molecule has 0 amide bonds. The maximum atomic E-state index is 10.6. The highest BCUT2D eigenvalue weighted by molar-refractivity contribution is 5.59. The van der Waals surface area contributed by atoms with Crippen molar-refractivity contribution in [1.82, 2.24) is 9.55 Å². The number of aromatic nitrogens is 2. The monoisotopic (exact) mass is 310 g/mol. The first-order chi connectivity index (χ1) is 10.6. The molecule has 0 saturated heterocycles. The van der Waals surface area contributed by atoms with E-state index in [4.69, 9.17) is 5.11 Å². The Labute approximate surface area is 133 Å². The highest BCUT2D eigenvalue weighted by atomic mass is 16.7. The van der Waals surface area contributed by atoms with E-state index in [0.717, 1.165) is 12.8 Å². The Balaban J connectivity index is 2.12. The Morgan fingerprint density at radius 2 is 1.77 bits per heavy atom. The topological polar surface area (TPSA) is 64.4 Å².